The maximum Gasteiger partial charge on any atom is 0.260 e. The zero-order valence-corrected chi connectivity index (χ0v) is 15.6. The highest BCUT2D eigenvalue weighted by Gasteiger charge is 2.17. The maximum atomic E-state index is 12.6. The molecule has 0 unspecified atom stereocenters. The fourth-order valence-corrected chi connectivity index (χ4v) is 4.07. The van der Waals surface area contributed by atoms with Gasteiger partial charge in [-0.2, -0.15) is 5.10 Å². The summed E-state index contributed by atoms with van der Waals surface area (Å²) < 4.78 is 3.68. The molecule has 0 aliphatic heterocycles. The maximum absolute atomic E-state index is 12.6. The van der Waals surface area contributed by atoms with Gasteiger partial charge in [0, 0.05) is 4.47 Å². The van der Waals surface area contributed by atoms with Crippen molar-refractivity contribution in [3.8, 4) is 5.69 Å². The molecule has 0 saturated carbocycles. The van der Waals surface area contributed by atoms with Crippen molar-refractivity contribution < 1.29 is 4.79 Å². The lowest BCUT2D eigenvalue weighted by atomic mass is 10.2. The van der Waals surface area contributed by atoms with E-state index < -0.39 is 0 Å². The zero-order valence-electron chi connectivity index (χ0n) is 13.2. The predicted molar refractivity (Wildman–Crippen MR) is 104 cm³/mol. The van der Waals surface area contributed by atoms with Gasteiger partial charge in [0.2, 0.25) is 0 Å². The number of benzene rings is 2. The monoisotopic (exact) mass is 412 g/mol. The lowest BCUT2D eigenvalue weighted by Crippen LogP contribution is -2.12. The van der Waals surface area contributed by atoms with Gasteiger partial charge in [0.05, 0.1) is 33.4 Å². The molecule has 0 fully saturated rings. The quantitative estimate of drug-likeness (QED) is 0.525. The highest BCUT2D eigenvalue weighted by Crippen LogP contribution is 2.31. The second kappa shape index (κ2) is 6.42. The summed E-state index contributed by atoms with van der Waals surface area (Å²) in [6.45, 7) is 1.88. The third-order valence-corrected chi connectivity index (χ3v) is 5.42. The molecule has 0 aliphatic carbocycles. The first kappa shape index (κ1) is 16.0. The number of rotatable bonds is 3. The number of thiazole rings is 1. The van der Waals surface area contributed by atoms with Gasteiger partial charge in [-0.15, -0.1) is 0 Å². The third-order valence-electron chi connectivity index (χ3n) is 3.85. The van der Waals surface area contributed by atoms with E-state index in [-0.39, 0.29) is 5.91 Å². The van der Waals surface area contributed by atoms with Crippen LogP contribution in [0.2, 0.25) is 0 Å². The van der Waals surface area contributed by atoms with Crippen molar-refractivity contribution in [3.63, 3.8) is 0 Å². The molecule has 1 N–H and O–H groups in total. The van der Waals surface area contributed by atoms with Gasteiger partial charge in [-0.25, -0.2) is 9.67 Å². The molecule has 4 aromatic rings. The van der Waals surface area contributed by atoms with Crippen molar-refractivity contribution in [2.24, 2.45) is 0 Å². The lowest BCUT2D eigenvalue weighted by Gasteiger charge is -2.05. The molecule has 0 saturated heterocycles. The van der Waals surface area contributed by atoms with Crippen LogP contribution in [-0.4, -0.2) is 20.7 Å². The summed E-state index contributed by atoms with van der Waals surface area (Å²) in [6.07, 6.45) is 1.58. The number of aromatic nitrogens is 3. The van der Waals surface area contributed by atoms with Crippen molar-refractivity contribution >= 4 is 48.5 Å². The van der Waals surface area contributed by atoms with Gasteiger partial charge >= 0.3 is 0 Å². The number of carbonyl (C=O) groups is 1. The summed E-state index contributed by atoms with van der Waals surface area (Å²) >= 11 is 4.92. The van der Waals surface area contributed by atoms with E-state index in [0.717, 1.165) is 26.1 Å². The fourth-order valence-electron chi connectivity index (χ4n) is 2.59. The molecule has 0 aliphatic rings. The smallest absolute Gasteiger partial charge is 0.260 e. The number of para-hydroxylation sites is 2. The Bertz CT molecular complexity index is 1070. The van der Waals surface area contributed by atoms with Gasteiger partial charge in [-0.3, -0.25) is 10.1 Å². The van der Waals surface area contributed by atoms with Crippen molar-refractivity contribution in [1.82, 2.24) is 14.8 Å². The van der Waals surface area contributed by atoms with Gasteiger partial charge < -0.3 is 0 Å². The first-order valence-electron chi connectivity index (χ1n) is 7.60. The third kappa shape index (κ3) is 2.96. The van der Waals surface area contributed by atoms with Crippen LogP contribution in [0.15, 0.2) is 59.2 Å². The van der Waals surface area contributed by atoms with Crippen molar-refractivity contribution in [3.05, 3.63) is 70.5 Å². The molecule has 5 nitrogen and oxygen atoms in total. The standard InChI is InChI=1S/C18H13BrN4OS/c1-11-13(10-20-23(11)12-6-3-2-4-7-12)17(24)22-18-21-16-14(19)8-5-9-15(16)25-18/h2-10H,1H3,(H,21,22,24). The number of fused-ring (bicyclic) bond motifs is 1. The summed E-state index contributed by atoms with van der Waals surface area (Å²) in [5, 5.41) is 7.78. The highest BCUT2D eigenvalue weighted by atomic mass is 79.9. The molecule has 2 aromatic carbocycles. The van der Waals surface area contributed by atoms with Crippen molar-refractivity contribution in [2.75, 3.05) is 5.32 Å². The van der Waals surface area contributed by atoms with Crippen molar-refractivity contribution in [1.29, 1.82) is 0 Å². The molecule has 0 spiro atoms. The molecule has 7 heteroatoms. The van der Waals surface area contributed by atoms with Gasteiger partial charge in [-0.05, 0) is 47.1 Å². The van der Waals surface area contributed by atoms with E-state index in [2.05, 4.69) is 31.3 Å². The first-order chi connectivity index (χ1) is 12.1. The molecule has 25 heavy (non-hydrogen) atoms. The van der Waals surface area contributed by atoms with Gasteiger partial charge in [0.15, 0.2) is 5.13 Å². The normalized spacial score (nSPS) is 11.0. The van der Waals surface area contributed by atoms with Crippen LogP contribution in [0.5, 0.6) is 0 Å². The van der Waals surface area contributed by atoms with Crippen LogP contribution in [0.25, 0.3) is 15.9 Å². The first-order valence-corrected chi connectivity index (χ1v) is 9.21. The number of nitrogens with one attached hydrogen (secondary N) is 1. The van der Waals surface area contributed by atoms with E-state index in [1.165, 1.54) is 11.3 Å². The minimum Gasteiger partial charge on any atom is -0.298 e. The average molecular weight is 413 g/mol. The van der Waals surface area contributed by atoms with Gasteiger partial charge in [0.1, 0.15) is 0 Å². The zero-order chi connectivity index (χ0) is 17.4. The van der Waals surface area contributed by atoms with Crippen LogP contribution < -0.4 is 5.32 Å². The molecule has 0 atom stereocenters. The summed E-state index contributed by atoms with van der Waals surface area (Å²) in [5.74, 6) is -0.213. The molecule has 1 amide bonds. The minimum atomic E-state index is -0.213. The van der Waals surface area contributed by atoms with E-state index in [4.69, 9.17) is 0 Å². The number of halogens is 1. The molecule has 124 valence electrons. The number of carbonyl (C=O) groups excluding carboxylic acids is 1. The molecule has 2 heterocycles. The van der Waals surface area contributed by atoms with Crippen molar-refractivity contribution in [2.45, 2.75) is 6.92 Å². The van der Waals surface area contributed by atoms with Gasteiger partial charge in [0.25, 0.3) is 5.91 Å². The van der Waals surface area contributed by atoms with E-state index in [1.807, 2.05) is 55.5 Å². The van der Waals surface area contributed by atoms with E-state index in [9.17, 15) is 4.79 Å². The number of nitrogens with zero attached hydrogens (tertiary/aromatic N) is 3. The molecule has 2 aromatic heterocycles. The molecule has 0 bridgehead atoms. The van der Waals surface area contributed by atoms with Gasteiger partial charge in [-0.1, -0.05) is 35.6 Å². The fraction of sp³-hybridized carbons (Fsp3) is 0.0556. The topological polar surface area (TPSA) is 59.8 Å². The Morgan fingerprint density at radius 1 is 1.16 bits per heavy atom. The minimum absolute atomic E-state index is 0.213. The molecular formula is C18H13BrN4OS. The SMILES string of the molecule is Cc1c(C(=O)Nc2nc3c(Br)cccc3s2)cnn1-c1ccccc1. The van der Waals surface area contributed by atoms with E-state index in [0.29, 0.717) is 10.7 Å². The predicted octanol–water partition coefficient (Wildman–Crippen LogP) is 4.81. The van der Waals surface area contributed by atoms with E-state index >= 15 is 0 Å². The van der Waals surface area contributed by atoms with Crippen LogP contribution >= 0.6 is 27.3 Å². The van der Waals surface area contributed by atoms with E-state index in [1.54, 1.807) is 10.9 Å². The summed E-state index contributed by atoms with van der Waals surface area (Å²) in [5.41, 5.74) is 3.08. The highest BCUT2D eigenvalue weighted by molar-refractivity contribution is 9.10. The van der Waals surface area contributed by atoms with Crippen LogP contribution in [-0.2, 0) is 0 Å². The molecule has 4 rings (SSSR count). The lowest BCUT2D eigenvalue weighted by molar-refractivity contribution is 0.102. The number of hydrogen-bond acceptors (Lipinski definition) is 4. The second-order valence-electron chi connectivity index (χ2n) is 5.45. The Morgan fingerprint density at radius 2 is 1.96 bits per heavy atom. The summed E-state index contributed by atoms with van der Waals surface area (Å²) in [6, 6.07) is 15.6. The molecule has 0 radical (unpaired) electrons. The number of hydrogen-bond donors (Lipinski definition) is 1. The number of anilines is 1. The summed E-state index contributed by atoms with van der Waals surface area (Å²) in [7, 11) is 0. The Balaban J connectivity index is 1.63. The Hall–Kier alpha value is -2.51. The largest absolute Gasteiger partial charge is 0.298 e. The Kier molecular flexibility index (Phi) is 4.10. The Morgan fingerprint density at radius 3 is 2.72 bits per heavy atom. The average Bonchev–Trinajstić information content (AvgIpc) is 3.20. The van der Waals surface area contributed by atoms with Crippen LogP contribution in [0.3, 0.4) is 0 Å². The number of amides is 1. The summed E-state index contributed by atoms with van der Waals surface area (Å²) in [4.78, 5) is 17.1. The van der Waals surface area contributed by atoms with Crippen LogP contribution in [0, 0.1) is 6.92 Å². The van der Waals surface area contributed by atoms with Crippen LogP contribution in [0.1, 0.15) is 16.1 Å². The Labute approximate surface area is 156 Å². The second-order valence-corrected chi connectivity index (χ2v) is 7.34. The van der Waals surface area contributed by atoms with Crippen LogP contribution in [0.4, 0.5) is 5.13 Å². The molecular weight excluding hydrogens is 400 g/mol.